The van der Waals surface area contributed by atoms with Gasteiger partial charge in [-0.25, -0.2) is 0 Å². The quantitative estimate of drug-likeness (QED) is 0.747. The van der Waals surface area contributed by atoms with Gasteiger partial charge in [0.15, 0.2) is 5.96 Å². The molecule has 2 fully saturated rings. The second-order valence-corrected chi connectivity index (χ2v) is 6.01. The lowest BCUT2D eigenvalue weighted by Crippen LogP contribution is -2.51. The van der Waals surface area contributed by atoms with Crippen LogP contribution in [-0.4, -0.2) is 29.5 Å². The lowest BCUT2D eigenvalue weighted by Gasteiger charge is -2.41. The van der Waals surface area contributed by atoms with Crippen molar-refractivity contribution in [3.8, 4) is 0 Å². The molecule has 3 aliphatic rings. The van der Waals surface area contributed by atoms with E-state index in [9.17, 15) is 0 Å². The highest BCUT2D eigenvalue weighted by Gasteiger charge is 2.39. The summed E-state index contributed by atoms with van der Waals surface area (Å²) in [7, 11) is 0. The molecule has 3 rings (SSSR count). The van der Waals surface area contributed by atoms with Crippen LogP contribution in [0, 0.1) is 5.92 Å². The van der Waals surface area contributed by atoms with Crippen molar-refractivity contribution in [1.29, 1.82) is 0 Å². The van der Waals surface area contributed by atoms with Gasteiger partial charge in [0.1, 0.15) is 0 Å². The lowest BCUT2D eigenvalue weighted by molar-refractivity contribution is 0.131. The number of hydrogen-bond donors (Lipinski definition) is 1. The molecule has 0 saturated heterocycles. The number of guanidine groups is 1. The highest BCUT2D eigenvalue weighted by molar-refractivity contribution is 5.80. The van der Waals surface area contributed by atoms with E-state index in [-0.39, 0.29) is 0 Å². The Morgan fingerprint density at radius 3 is 2.24 bits per heavy atom. The fraction of sp³-hybridized carbons (Fsp3) is 0.929. The molecule has 2 N–H and O–H groups in total. The topological polar surface area (TPSA) is 41.6 Å². The summed E-state index contributed by atoms with van der Waals surface area (Å²) in [5, 5.41) is 0. The molecule has 1 aliphatic heterocycles. The van der Waals surface area contributed by atoms with E-state index in [4.69, 9.17) is 5.73 Å². The Morgan fingerprint density at radius 1 is 0.941 bits per heavy atom. The highest BCUT2D eigenvalue weighted by atomic mass is 15.3. The molecule has 0 aromatic carbocycles. The summed E-state index contributed by atoms with van der Waals surface area (Å²) < 4.78 is 0. The summed E-state index contributed by atoms with van der Waals surface area (Å²) in [5.41, 5.74) is 6.14. The van der Waals surface area contributed by atoms with Crippen LogP contribution in [-0.2, 0) is 0 Å². The Morgan fingerprint density at radius 2 is 1.65 bits per heavy atom. The minimum Gasteiger partial charge on any atom is -0.370 e. The summed E-state index contributed by atoms with van der Waals surface area (Å²) >= 11 is 0. The van der Waals surface area contributed by atoms with Crippen LogP contribution < -0.4 is 5.73 Å². The Kier molecular flexibility index (Phi) is 3.26. The van der Waals surface area contributed by atoms with E-state index in [2.05, 4.69) is 9.89 Å². The van der Waals surface area contributed by atoms with Crippen LogP contribution in [0.5, 0.6) is 0 Å². The van der Waals surface area contributed by atoms with Crippen molar-refractivity contribution in [2.45, 2.75) is 69.9 Å². The summed E-state index contributed by atoms with van der Waals surface area (Å²) in [6.07, 6.45) is 12.5. The van der Waals surface area contributed by atoms with Crippen molar-refractivity contribution in [2.75, 3.05) is 6.54 Å². The van der Waals surface area contributed by atoms with Crippen LogP contribution in [0.4, 0.5) is 0 Å². The predicted octanol–water partition coefficient (Wildman–Crippen LogP) is 2.51. The van der Waals surface area contributed by atoms with Crippen molar-refractivity contribution in [2.24, 2.45) is 16.6 Å². The lowest BCUT2D eigenvalue weighted by atomic mass is 9.79. The first-order valence-corrected chi connectivity index (χ1v) is 7.44. The van der Waals surface area contributed by atoms with Gasteiger partial charge in [0.25, 0.3) is 0 Å². The molecule has 96 valence electrons. The Hall–Kier alpha value is -0.730. The second kappa shape index (κ2) is 4.87. The van der Waals surface area contributed by atoms with Gasteiger partial charge in [-0.1, -0.05) is 32.1 Å². The van der Waals surface area contributed by atoms with Gasteiger partial charge in [0.05, 0.1) is 12.6 Å². The summed E-state index contributed by atoms with van der Waals surface area (Å²) in [6, 6.07) is 1.33. The minimum atomic E-state index is 0.645. The molecular weight excluding hydrogens is 210 g/mol. The fourth-order valence-corrected chi connectivity index (χ4v) is 3.72. The Labute approximate surface area is 104 Å². The monoisotopic (exact) mass is 235 g/mol. The third-order valence-electron chi connectivity index (χ3n) is 4.97. The molecular formula is C14H25N3. The zero-order chi connectivity index (χ0) is 11.7. The molecule has 2 aliphatic carbocycles. The molecule has 0 amide bonds. The van der Waals surface area contributed by atoms with Crippen molar-refractivity contribution >= 4 is 5.96 Å². The molecule has 3 heteroatoms. The van der Waals surface area contributed by atoms with E-state index >= 15 is 0 Å². The number of aliphatic imine (C=N–C) groups is 1. The van der Waals surface area contributed by atoms with Crippen LogP contribution in [0.2, 0.25) is 0 Å². The maximum absolute atomic E-state index is 6.14. The van der Waals surface area contributed by atoms with Crippen molar-refractivity contribution < 1.29 is 0 Å². The van der Waals surface area contributed by atoms with Gasteiger partial charge in [0, 0.05) is 6.04 Å². The molecule has 0 radical (unpaired) electrons. The third kappa shape index (κ3) is 2.16. The molecule has 1 heterocycles. The standard InChI is InChI=1S/C14H25N3/c15-14-16-10-13(11-6-5-7-11)17(14)12-8-3-1-2-4-9-12/h11-13H,1-10H2,(H2,15,16). The van der Waals surface area contributed by atoms with E-state index in [0.717, 1.165) is 18.4 Å². The van der Waals surface area contributed by atoms with Crippen molar-refractivity contribution in [1.82, 2.24) is 4.90 Å². The van der Waals surface area contributed by atoms with Gasteiger partial charge in [0.2, 0.25) is 0 Å². The number of hydrogen-bond acceptors (Lipinski definition) is 3. The van der Waals surface area contributed by atoms with Gasteiger partial charge in [-0.3, -0.25) is 4.99 Å². The van der Waals surface area contributed by atoms with E-state index in [0.29, 0.717) is 12.1 Å². The molecule has 17 heavy (non-hydrogen) atoms. The average Bonchev–Trinajstić information content (AvgIpc) is 2.52. The van der Waals surface area contributed by atoms with Gasteiger partial charge in [-0.2, -0.15) is 0 Å². The SMILES string of the molecule is NC1=NCC(C2CCC2)N1C1CCCCCC1. The van der Waals surface area contributed by atoms with E-state index in [1.165, 1.54) is 57.8 Å². The highest BCUT2D eigenvalue weighted by Crippen LogP contribution is 2.36. The van der Waals surface area contributed by atoms with Crippen LogP contribution in [0.1, 0.15) is 57.8 Å². The fourth-order valence-electron chi connectivity index (χ4n) is 3.72. The van der Waals surface area contributed by atoms with Crippen molar-refractivity contribution in [3.63, 3.8) is 0 Å². The zero-order valence-corrected chi connectivity index (χ0v) is 10.8. The van der Waals surface area contributed by atoms with E-state index in [1.807, 2.05) is 0 Å². The van der Waals surface area contributed by atoms with Gasteiger partial charge in [-0.05, 0) is 31.6 Å². The van der Waals surface area contributed by atoms with E-state index in [1.54, 1.807) is 0 Å². The van der Waals surface area contributed by atoms with Gasteiger partial charge < -0.3 is 10.6 Å². The van der Waals surface area contributed by atoms with Crippen LogP contribution in [0.15, 0.2) is 4.99 Å². The van der Waals surface area contributed by atoms with Crippen LogP contribution in [0.3, 0.4) is 0 Å². The zero-order valence-electron chi connectivity index (χ0n) is 10.8. The number of nitrogens with zero attached hydrogens (tertiary/aromatic N) is 2. The third-order valence-corrected chi connectivity index (χ3v) is 4.97. The predicted molar refractivity (Wildman–Crippen MR) is 70.9 cm³/mol. The van der Waals surface area contributed by atoms with Crippen LogP contribution >= 0.6 is 0 Å². The molecule has 1 unspecified atom stereocenters. The first-order valence-electron chi connectivity index (χ1n) is 7.44. The molecule has 2 saturated carbocycles. The normalized spacial score (nSPS) is 32.1. The van der Waals surface area contributed by atoms with E-state index < -0.39 is 0 Å². The maximum Gasteiger partial charge on any atom is 0.191 e. The van der Waals surface area contributed by atoms with Crippen LogP contribution in [0.25, 0.3) is 0 Å². The first kappa shape index (κ1) is 11.4. The first-order chi connectivity index (χ1) is 8.36. The van der Waals surface area contributed by atoms with Gasteiger partial charge >= 0.3 is 0 Å². The maximum atomic E-state index is 6.14. The molecule has 0 aromatic heterocycles. The Balaban J connectivity index is 1.70. The second-order valence-electron chi connectivity index (χ2n) is 6.01. The molecule has 1 atom stereocenters. The largest absolute Gasteiger partial charge is 0.370 e. The van der Waals surface area contributed by atoms with Crippen molar-refractivity contribution in [3.05, 3.63) is 0 Å². The molecule has 3 nitrogen and oxygen atoms in total. The molecule has 0 spiro atoms. The number of nitrogens with two attached hydrogens (primary N) is 1. The molecule has 0 bridgehead atoms. The van der Waals surface area contributed by atoms with Gasteiger partial charge in [-0.15, -0.1) is 0 Å². The Bertz CT molecular complexity index is 288. The summed E-state index contributed by atoms with van der Waals surface area (Å²) in [6.45, 7) is 0.965. The smallest absolute Gasteiger partial charge is 0.191 e. The molecule has 0 aromatic rings. The average molecular weight is 235 g/mol. The summed E-state index contributed by atoms with van der Waals surface area (Å²) in [4.78, 5) is 7.04. The number of rotatable bonds is 2. The summed E-state index contributed by atoms with van der Waals surface area (Å²) in [5.74, 6) is 1.72. The minimum absolute atomic E-state index is 0.645.